The topological polar surface area (TPSA) is 51.5 Å². The SMILES string of the molecule is O=C(NC1(c2ccccc2)CCC1)c1ccc(COc2ccc(F)cc2)o1. The Labute approximate surface area is 157 Å². The van der Waals surface area contributed by atoms with Gasteiger partial charge in [0.1, 0.15) is 23.9 Å². The average Bonchev–Trinajstić information content (AvgIpc) is 3.14. The van der Waals surface area contributed by atoms with E-state index in [9.17, 15) is 9.18 Å². The van der Waals surface area contributed by atoms with E-state index in [4.69, 9.17) is 9.15 Å². The fourth-order valence-corrected chi connectivity index (χ4v) is 3.32. The largest absolute Gasteiger partial charge is 0.486 e. The third kappa shape index (κ3) is 3.72. The molecule has 4 nitrogen and oxygen atoms in total. The summed E-state index contributed by atoms with van der Waals surface area (Å²) >= 11 is 0. The van der Waals surface area contributed by atoms with E-state index in [2.05, 4.69) is 5.32 Å². The smallest absolute Gasteiger partial charge is 0.287 e. The van der Waals surface area contributed by atoms with E-state index in [0.29, 0.717) is 11.5 Å². The second-order valence-corrected chi connectivity index (χ2v) is 6.76. The Morgan fingerprint density at radius 3 is 2.44 bits per heavy atom. The van der Waals surface area contributed by atoms with Crippen molar-refractivity contribution < 1.29 is 18.3 Å². The van der Waals surface area contributed by atoms with Gasteiger partial charge in [0, 0.05) is 0 Å². The van der Waals surface area contributed by atoms with E-state index in [1.54, 1.807) is 24.3 Å². The molecule has 138 valence electrons. The van der Waals surface area contributed by atoms with Gasteiger partial charge in [0.05, 0.1) is 5.54 Å². The number of halogens is 1. The predicted molar refractivity (Wildman–Crippen MR) is 98.9 cm³/mol. The Morgan fingerprint density at radius 2 is 1.78 bits per heavy atom. The Morgan fingerprint density at radius 1 is 1.04 bits per heavy atom. The highest BCUT2D eigenvalue weighted by atomic mass is 19.1. The van der Waals surface area contributed by atoms with Crippen molar-refractivity contribution in [2.75, 3.05) is 0 Å². The van der Waals surface area contributed by atoms with E-state index in [1.807, 2.05) is 30.3 Å². The van der Waals surface area contributed by atoms with Crippen molar-refractivity contribution in [1.82, 2.24) is 5.32 Å². The molecule has 1 fully saturated rings. The van der Waals surface area contributed by atoms with Crippen LogP contribution in [0.2, 0.25) is 0 Å². The van der Waals surface area contributed by atoms with Gasteiger partial charge in [0.15, 0.2) is 5.76 Å². The van der Waals surface area contributed by atoms with Gasteiger partial charge in [-0.15, -0.1) is 0 Å². The van der Waals surface area contributed by atoms with Crippen LogP contribution in [0.1, 0.15) is 41.1 Å². The molecule has 0 unspecified atom stereocenters. The standard InChI is InChI=1S/C22H20FNO3/c23-17-7-9-18(10-8-17)26-15-19-11-12-20(27-19)21(25)24-22(13-4-14-22)16-5-2-1-3-6-16/h1-3,5-12H,4,13-15H2,(H,24,25). The lowest BCUT2D eigenvalue weighted by Crippen LogP contribution is -2.50. The molecule has 4 rings (SSSR count). The van der Waals surface area contributed by atoms with E-state index < -0.39 is 0 Å². The van der Waals surface area contributed by atoms with Crippen LogP contribution in [0.4, 0.5) is 4.39 Å². The van der Waals surface area contributed by atoms with Gasteiger partial charge in [0.25, 0.3) is 5.91 Å². The predicted octanol–water partition coefficient (Wildman–Crippen LogP) is 4.81. The van der Waals surface area contributed by atoms with Crippen LogP contribution in [-0.2, 0) is 12.1 Å². The quantitative estimate of drug-likeness (QED) is 0.682. The Bertz CT molecular complexity index is 914. The van der Waals surface area contributed by atoms with Crippen LogP contribution < -0.4 is 10.1 Å². The lowest BCUT2D eigenvalue weighted by Gasteiger charge is -2.42. The van der Waals surface area contributed by atoms with Gasteiger partial charge in [-0.05, 0) is 61.2 Å². The molecule has 0 radical (unpaired) electrons. The number of benzene rings is 2. The Hall–Kier alpha value is -3.08. The van der Waals surface area contributed by atoms with Crippen molar-refractivity contribution >= 4 is 5.91 Å². The van der Waals surface area contributed by atoms with Crippen molar-refractivity contribution in [2.24, 2.45) is 0 Å². The van der Waals surface area contributed by atoms with E-state index in [-0.39, 0.29) is 29.6 Å². The van der Waals surface area contributed by atoms with E-state index in [0.717, 1.165) is 24.8 Å². The van der Waals surface area contributed by atoms with Crippen molar-refractivity contribution in [3.8, 4) is 5.75 Å². The molecule has 1 saturated carbocycles. The highest BCUT2D eigenvalue weighted by molar-refractivity contribution is 5.92. The molecule has 0 saturated heterocycles. The number of hydrogen-bond acceptors (Lipinski definition) is 3. The molecule has 1 aliphatic rings. The molecule has 1 amide bonds. The van der Waals surface area contributed by atoms with Crippen LogP contribution >= 0.6 is 0 Å². The summed E-state index contributed by atoms with van der Waals surface area (Å²) in [7, 11) is 0. The van der Waals surface area contributed by atoms with Crippen LogP contribution in [0.25, 0.3) is 0 Å². The fourth-order valence-electron chi connectivity index (χ4n) is 3.32. The Kier molecular flexibility index (Phi) is 4.67. The summed E-state index contributed by atoms with van der Waals surface area (Å²) < 4.78 is 24.1. The van der Waals surface area contributed by atoms with Gasteiger partial charge in [-0.1, -0.05) is 30.3 Å². The summed E-state index contributed by atoms with van der Waals surface area (Å²) in [6.07, 6.45) is 2.93. The number of amides is 1. The van der Waals surface area contributed by atoms with Crippen molar-refractivity contribution in [3.63, 3.8) is 0 Å². The van der Waals surface area contributed by atoms with Crippen molar-refractivity contribution in [1.29, 1.82) is 0 Å². The maximum absolute atomic E-state index is 12.9. The number of furan rings is 1. The molecular formula is C22H20FNO3. The number of carbonyl (C=O) groups is 1. The first kappa shape index (κ1) is 17.3. The molecule has 1 aromatic heterocycles. The second-order valence-electron chi connectivity index (χ2n) is 6.76. The minimum atomic E-state index is -0.317. The molecule has 3 aromatic rings. The Balaban J connectivity index is 1.40. The summed E-state index contributed by atoms with van der Waals surface area (Å²) in [5.41, 5.74) is 0.812. The minimum Gasteiger partial charge on any atom is -0.486 e. The minimum absolute atomic E-state index is 0.169. The molecule has 1 N–H and O–H groups in total. The normalized spacial score (nSPS) is 15.0. The van der Waals surface area contributed by atoms with Crippen LogP contribution in [0.5, 0.6) is 5.75 Å². The molecule has 1 heterocycles. The number of ether oxygens (including phenoxy) is 1. The molecule has 0 spiro atoms. The molecule has 2 aromatic carbocycles. The summed E-state index contributed by atoms with van der Waals surface area (Å²) in [6.45, 7) is 0.169. The second kappa shape index (κ2) is 7.27. The molecule has 0 atom stereocenters. The zero-order valence-corrected chi connectivity index (χ0v) is 14.8. The van der Waals surface area contributed by atoms with Crippen LogP contribution in [0.3, 0.4) is 0 Å². The number of carbonyl (C=O) groups excluding carboxylic acids is 1. The first-order chi connectivity index (χ1) is 13.1. The summed E-state index contributed by atoms with van der Waals surface area (Å²) in [5.74, 6) is 0.785. The molecule has 27 heavy (non-hydrogen) atoms. The fraction of sp³-hybridized carbons (Fsp3) is 0.227. The summed E-state index contributed by atoms with van der Waals surface area (Å²) in [6, 6.07) is 19.2. The van der Waals surface area contributed by atoms with E-state index >= 15 is 0 Å². The maximum atomic E-state index is 12.9. The van der Waals surface area contributed by atoms with Gasteiger partial charge < -0.3 is 14.5 Å². The molecule has 1 aliphatic carbocycles. The third-order valence-corrected chi connectivity index (χ3v) is 4.97. The number of nitrogens with one attached hydrogen (secondary N) is 1. The molecule has 0 aliphatic heterocycles. The van der Waals surface area contributed by atoms with Crippen molar-refractivity contribution in [2.45, 2.75) is 31.4 Å². The monoisotopic (exact) mass is 365 g/mol. The average molecular weight is 365 g/mol. The van der Waals surface area contributed by atoms with Gasteiger partial charge in [-0.3, -0.25) is 4.79 Å². The highest BCUT2D eigenvalue weighted by Crippen LogP contribution is 2.41. The van der Waals surface area contributed by atoms with E-state index in [1.165, 1.54) is 12.1 Å². The molecular weight excluding hydrogens is 345 g/mol. The lowest BCUT2D eigenvalue weighted by atomic mass is 9.71. The van der Waals surface area contributed by atoms with Crippen LogP contribution in [-0.4, -0.2) is 5.91 Å². The number of hydrogen-bond donors (Lipinski definition) is 1. The van der Waals surface area contributed by atoms with Gasteiger partial charge >= 0.3 is 0 Å². The zero-order chi connectivity index (χ0) is 18.7. The number of rotatable bonds is 6. The van der Waals surface area contributed by atoms with Gasteiger partial charge in [0.2, 0.25) is 0 Å². The zero-order valence-electron chi connectivity index (χ0n) is 14.8. The first-order valence-corrected chi connectivity index (χ1v) is 9.00. The van der Waals surface area contributed by atoms with Gasteiger partial charge in [-0.25, -0.2) is 4.39 Å². The first-order valence-electron chi connectivity index (χ1n) is 9.00. The highest BCUT2D eigenvalue weighted by Gasteiger charge is 2.40. The van der Waals surface area contributed by atoms with Crippen LogP contribution in [0.15, 0.2) is 71.1 Å². The third-order valence-electron chi connectivity index (χ3n) is 4.97. The molecule has 5 heteroatoms. The summed E-state index contributed by atoms with van der Waals surface area (Å²) in [5, 5.41) is 3.14. The summed E-state index contributed by atoms with van der Waals surface area (Å²) in [4.78, 5) is 12.7. The molecule has 0 bridgehead atoms. The van der Waals surface area contributed by atoms with Crippen molar-refractivity contribution in [3.05, 3.63) is 89.6 Å². The maximum Gasteiger partial charge on any atom is 0.287 e. The lowest BCUT2D eigenvalue weighted by molar-refractivity contribution is 0.0790. The van der Waals surface area contributed by atoms with Crippen LogP contribution in [0, 0.1) is 5.82 Å². The van der Waals surface area contributed by atoms with Gasteiger partial charge in [-0.2, -0.15) is 0 Å².